The van der Waals surface area contributed by atoms with E-state index in [1.807, 2.05) is 42.5 Å². The highest BCUT2D eigenvalue weighted by molar-refractivity contribution is 7.78. The van der Waals surface area contributed by atoms with Crippen LogP contribution in [0, 0.1) is 0 Å². The molecule has 3 heteroatoms. The lowest BCUT2D eigenvalue weighted by Gasteiger charge is -2.22. The third kappa shape index (κ3) is 3.32. The zero-order valence-electron chi connectivity index (χ0n) is 11.9. The first-order valence-electron chi connectivity index (χ1n) is 6.46. The fraction of sp³-hybridized carbons (Fsp3) is 0.235. The first-order chi connectivity index (χ1) is 9.52. The van der Waals surface area contributed by atoms with Crippen molar-refractivity contribution in [3.05, 3.63) is 54.1 Å². The Bertz CT molecular complexity index is 652. The molecule has 0 fully saturated rings. The van der Waals surface area contributed by atoms with E-state index in [1.165, 1.54) is 0 Å². The largest absolute Gasteiger partial charge is 0.455 e. The van der Waals surface area contributed by atoms with Crippen molar-refractivity contribution in [2.45, 2.75) is 26.2 Å². The Morgan fingerprint density at radius 1 is 0.950 bits per heavy atom. The van der Waals surface area contributed by atoms with E-state index < -0.39 is 0 Å². The van der Waals surface area contributed by atoms with Crippen LogP contribution in [-0.4, -0.2) is 5.16 Å². The highest BCUT2D eigenvalue weighted by Crippen LogP contribution is 2.37. The van der Waals surface area contributed by atoms with Crippen molar-refractivity contribution >= 4 is 23.1 Å². The van der Waals surface area contributed by atoms with Gasteiger partial charge in [-0.2, -0.15) is 4.99 Å². The van der Waals surface area contributed by atoms with E-state index in [1.54, 1.807) is 0 Å². The summed E-state index contributed by atoms with van der Waals surface area (Å²) in [4.78, 5) is 4.03. The molecule has 0 saturated carbocycles. The van der Waals surface area contributed by atoms with E-state index >= 15 is 0 Å². The third-order valence-corrected chi connectivity index (χ3v) is 3.04. The number of thiocarbonyl (C=S) groups is 1. The number of hydrogen-bond donors (Lipinski definition) is 0. The normalized spacial score (nSPS) is 10.8. The minimum Gasteiger partial charge on any atom is -0.455 e. The summed E-state index contributed by atoms with van der Waals surface area (Å²) in [6.07, 6.45) is 0. The lowest BCUT2D eigenvalue weighted by atomic mass is 9.86. The van der Waals surface area contributed by atoms with Crippen molar-refractivity contribution in [1.29, 1.82) is 0 Å². The van der Waals surface area contributed by atoms with Gasteiger partial charge in [-0.15, -0.1) is 0 Å². The summed E-state index contributed by atoms with van der Waals surface area (Å²) >= 11 is 4.67. The lowest BCUT2D eigenvalue weighted by Crippen LogP contribution is -2.12. The fourth-order valence-electron chi connectivity index (χ4n) is 1.98. The van der Waals surface area contributed by atoms with Crippen LogP contribution in [0.4, 0.5) is 5.69 Å². The maximum atomic E-state index is 6.04. The van der Waals surface area contributed by atoms with Crippen LogP contribution in [0.2, 0.25) is 0 Å². The molecule has 0 aliphatic rings. The molecule has 0 aromatic heterocycles. The summed E-state index contributed by atoms with van der Waals surface area (Å²) < 4.78 is 6.04. The molecule has 0 bridgehead atoms. The SMILES string of the molecule is CC(C)(C)c1ccccc1Oc1ccccc1N=C=S. The van der Waals surface area contributed by atoms with E-state index in [0.29, 0.717) is 11.4 Å². The number of benzene rings is 2. The van der Waals surface area contributed by atoms with Crippen molar-refractivity contribution in [1.82, 2.24) is 0 Å². The van der Waals surface area contributed by atoms with Crippen molar-refractivity contribution < 1.29 is 4.74 Å². The molecule has 0 saturated heterocycles. The predicted molar refractivity (Wildman–Crippen MR) is 86.3 cm³/mol. The highest BCUT2D eigenvalue weighted by atomic mass is 32.1. The second kappa shape index (κ2) is 6.00. The Hall–Kier alpha value is -1.96. The van der Waals surface area contributed by atoms with Crippen LogP contribution in [0.5, 0.6) is 11.5 Å². The van der Waals surface area contributed by atoms with Gasteiger partial charge in [-0.25, -0.2) is 0 Å². The molecule has 2 rings (SSSR count). The van der Waals surface area contributed by atoms with Crippen molar-refractivity contribution in [3.8, 4) is 11.5 Å². The van der Waals surface area contributed by atoms with Gasteiger partial charge in [-0.05, 0) is 35.8 Å². The van der Waals surface area contributed by atoms with Crippen molar-refractivity contribution in [2.24, 2.45) is 4.99 Å². The van der Waals surface area contributed by atoms with Gasteiger partial charge < -0.3 is 4.74 Å². The third-order valence-electron chi connectivity index (χ3n) is 2.95. The van der Waals surface area contributed by atoms with Gasteiger partial charge >= 0.3 is 0 Å². The number of ether oxygens (including phenoxy) is 1. The fourth-order valence-corrected chi connectivity index (χ4v) is 2.08. The standard InChI is InChI=1S/C17H17NOS/c1-17(2,3)13-8-4-6-10-15(13)19-16-11-7-5-9-14(16)18-12-20/h4-11H,1-3H3. The molecule has 0 radical (unpaired) electrons. The van der Waals surface area contributed by atoms with Crippen LogP contribution in [0.1, 0.15) is 26.3 Å². The minimum atomic E-state index is 0.0128. The first-order valence-corrected chi connectivity index (χ1v) is 6.87. The number of hydrogen-bond acceptors (Lipinski definition) is 3. The summed E-state index contributed by atoms with van der Waals surface area (Å²) in [6, 6.07) is 15.6. The monoisotopic (exact) mass is 283 g/mol. The molecule has 0 aliphatic carbocycles. The summed E-state index contributed by atoms with van der Waals surface area (Å²) in [7, 11) is 0. The average molecular weight is 283 g/mol. The second-order valence-electron chi connectivity index (χ2n) is 5.52. The predicted octanol–water partition coefficient (Wildman–Crippen LogP) is 5.51. The molecule has 0 atom stereocenters. The van der Waals surface area contributed by atoms with Crippen LogP contribution in [0.25, 0.3) is 0 Å². The molecule has 2 aromatic rings. The molecule has 0 aliphatic heterocycles. The van der Waals surface area contributed by atoms with Crippen LogP contribution in [0.15, 0.2) is 53.5 Å². The molecular weight excluding hydrogens is 266 g/mol. The minimum absolute atomic E-state index is 0.0128. The van der Waals surface area contributed by atoms with Crippen LogP contribution >= 0.6 is 12.2 Å². The van der Waals surface area contributed by atoms with Gasteiger partial charge in [0.1, 0.15) is 11.4 Å². The summed E-state index contributed by atoms with van der Waals surface area (Å²) in [5.41, 5.74) is 1.85. The maximum Gasteiger partial charge on any atom is 0.153 e. The van der Waals surface area contributed by atoms with Crippen LogP contribution in [0.3, 0.4) is 0 Å². The lowest BCUT2D eigenvalue weighted by molar-refractivity contribution is 0.456. The van der Waals surface area contributed by atoms with Gasteiger partial charge in [-0.3, -0.25) is 0 Å². The average Bonchev–Trinajstić information content (AvgIpc) is 2.41. The molecular formula is C17H17NOS. The molecule has 2 nitrogen and oxygen atoms in total. The quantitative estimate of drug-likeness (QED) is 0.547. The van der Waals surface area contributed by atoms with Gasteiger partial charge in [0.05, 0.1) is 5.16 Å². The summed E-state index contributed by atoms with van der Waals surface area (Å²) in [6.45, 7) is 6.49. The molecule has 20 heavy (non-hydrogen) atoms. The molecule has 0 unspecified atom stereocenters. The van der Waals surface area contributed by atoms with Crippen LogP contribution < -0.4 is 4.74 Å². The molecule has 102 valence electrons. The Morgan fingerprint density at radius 3 is 2.20 bits per heavy atom. The number of rotatable bonds is 3. The highest BCUT2D eigenvalue weighted by Gasteiger charge is 2.19. The van der Waals surface area contributed by atoms with Crippen molar-refractivity contribution in [2.75, 3.05) is 0 Å². The Morgan fingerprint density at radius 2 is 1.55 bits per heavy atom. The van der Waals surface area contributed by atoms with Gasteiger partial charge in [0.2, 0.25) is 0 Å². The van der Waals surface area contributed by atoms with E-state index in [9.17, 15) is 0 Å². The number of aliphatic imine (C=N–C) groups is 1. The van der Waals surface area contributed by atoms with Crippen molar-refractivity contribution in [3.63, 3.8) is 0 Å². The molecule has 0 amide bonds. The smallest absolute Gasteiger partial charge is 0.153 e. The zero-order chi connectivity index (χ0) is 14.6. The molecule has 0 heterocycles. The zero-order valence-corrected chi connectivity index (χ0v) is 12.7. The first kappa shape index (κ1) is 14.4. The Balaban J connectivity index is 2.43. The molecule has 0 N–H and O–H groups in total. The topological polar surface area (TPSA) is 21.6 Å². The Labute approximate surface area is 125 Å². The second-order valence-corrected chi connectivity index (χ2v) is 5.70. The van der Waals surface area contributed by atoms with Gasteiger partial charge in [0.25, 0.3) is 0 Å². The van der Waals surface area contributed by atoms with E-state index in [-0.39, 0.29) is 5.41 Å². The van der Waals surface area contributed by atoms with E-state index in [2.05, 4.69) is 49.2 Å². The number of isothiocyanates is 1. The maximum absolute atomic E-state index is 6.04. The Kier molecular flexibility index (Phi) is 4.33. The van der Waals surface area contributed by atoms with E-state index in [4.69, 9.17) is 4.74 Å². The van der Waals surface area contributed by atoms with Gasteiger partial charge in [0.15, 0.2) is 5.75 Å². The van der Waals surface area contributed by atoms with Gasteiger partial charge in [0, 0.05) is 5.56 Å². The number of para-hydroxylation sites is 3. The van der Waals surface area contributed by atoms with Gasteiger partial charge in [-0.1, -0.05) is 51.1 Å². The van der Waals surface area contributed by atoms with Crippen LogP contribution in [-0.2, 0) is 5.41 Å². The summed E-state index contributed by atoms with van der Waals surface area (Å²) in [5.74, 6) is 1.52. The number of nitrogens with zero attached hydrogens (tertiary/aromatic N) is 1. The molecule has 0 spiro atoms. The summed E-state index contributed by atoms with van der Waals surface area (Å²) in [5, 5.41) is 2.38. The molecule has 2 aromatic carbocycles. The van der Waals surface area contributed by atoms with E-state index in [0.717, 1.165) is 11.3 Å².